The van der Waals surface area contributed by atoms with Gasteiger partial charge in [-0.3, -0.25) is 0 Å². The number of hydrogen-bond acceptors (Lipinski definition) is 2. The lowest BCUT2D eigenvalue weighted by molar-refractivity contribution is 1.17. The van der Waals surface area contributed by atoms with Crippen LogP contribution in [0, 0.1) is 0 Å². The third kappa shape index (κ3) is 5.53. The van der Waals surface area contributed by atoms with Crippen LogP contribution in [-0.2, 0) is 0 Å². The largest absolute Gasteiger partial charge is 0.309 e. The second-order valence-corrected chi connectivity index (χ2v) is 15.4. The molecule has 0 bridgehead atoms. The normalized spacial score (nSPS) is 11.7. The molecule has 0 amide bonds. The van der Waals surface area contributed by atoms with Gasteiger partial charge in [-0.2, -0.15) is 0 Å². The van der Waals surface area contributed by atoms with Crippen LogP contribution in [0.1, 0.15) is 0 Å². The van der Waals surface area contributed by atoms with Crippen LogP contribution in [0.5, 0.6) is 0 Å². The average molecular weight is 765 g/mol. The maximum absolute atomic E-state index is 5.08. The fourth-order valence-corrected chi connectivity index (χ4v) is 9.10. The van der Waals surface area contributed by atoms with E-state index in [1.54, 1.807) is 0 Å². The highest BCUT2D eigenvalue weighted by atomic mass is 15.0. The molecule has 12 aromatic rings. The first-order valence-electron chi connectivity index (χ1n) is 20.4. The number of nitrogens with zero attached hydrogens (tertiary/aromatic N) is 4. The van der Waals surface area contributed by atoms with Crippen molar-refractivity contribution in [2.24, 2.45) is 0 Å². The maximum atomic E-state index is 5.08. The molecule has 0 saturated carbocycles. The Balaban J connectivity index is 0.958. The first-order chi connectivity index (χ1) is 29.7. The van der Waals surface area contributed by atoms with Crippen LogP contribution in [-0.4, -0.2) is 19.1 Å². The Morgan fingerprint density at radius 3 is 1.40 bits per heavy atom. The third-order valence-corrected chi connectivity index (χ3v) is 11.9. The van der Waals surface area contributed by atoms with E-state index in [1.807, 2.05) is 24.3 Å². The fourth-order valence-electron chi connectivity index (χ4n) is 9.10. The van der Waals surface area contributed by atoms with Crippen molar-refractivity contribution >= 4 is 54.4 Å². The second kappa shape index (κ2) is 13.8. The molecule has 12 rings (SSSR count). The van der Waals surface area contributed by atoms with E-state index >= 15 is 0 Å². The topological polar surface area (TPSA) is 35.6 Å². The summed E-state index contributed by atoms with van der Waals surface area (Å²) in [4.78, 5) is 10.1. The summed E-state index contributed by atoms with van der Waals surface area (Å²) in [5.74, 6) is 0.712. The van der Waals surface area contributed by atoms with E-state index in [2.05, 4.69) is 203 Å². The van der Waals surface area contributed by atoms with Gasteiger partial charge in [0, 0.05) is 49.3 Å². The lowest BCUT2D eigenvalue weighted by atomic mass is 10.0. The van der Waals surface area contributed by atoms with E-state index in [4.69, 9.17) is 9.97 Å². The minimum absolute atomic E-state index is 0.712. The Kier molecular flexibility index (Phi) is 7.82. The highest BCUT2D eigenvalue weighted by Crippen LogP contribution is 2.39. The lowest BCUT2D eigenvalue weighted by Gasteiger charge is -2.12. The predicted octanol–water partition coefficient (Wildman–Crippen LogP) is 14.5. The molecule has 60 heavy (non-hydrogen) atoms. The zero-order chi connectivity index (χ0) is 39.6. The highest BCUT2D eigenvalue weighted by molar-refractivity contribution is 6.13. The van der Waals surface area contributed by atoms with Crippen molar-refractivity contribution in [1.82, 2.24) is 19.1 Å². The van der Waals surface area contributed by atoms with Crippen molar-refractivity contribution in [2.75, 3.05) is 0 Å². The van der Waals surface area contributed by atoms with E-state index in [1.165, 1.54) is 71.2 Å². The smallest absolute Gasteiger partial charge is 0.160 e. The van der Waals surface area contributed by atoms with Crippen molar-refractivity contribution in [3.8, 4) is 56.4 Å². The molecule has 0 unspecified atom stereocenters. The summed E-state index contributed by atoms with van der Waals surface area (Å²) < 4.78 is 4.80. The van der Waals surface area contributed by atoms with Gasteiger partial charge >= 0.3 is 0 Å². The molecule has 0 spiro atoms. The Bertz CT molecular complexity index is 3520. The van der Waals surface area contributed by atoms with Crippen LogP contribution in [0.15, 0.2) is 218 Å². The minimum atomic E-state index is 0.712. The first-order valence-corrected chi connectivity index (χ1v) is 20.4. The van der Waals surface area contributed by atoms with Gasteiger partial charge in [0.1, 0.15) is 0 Å². The van der Waals surface area contributed by atoms with Gasteiger partial charge in [-0.1, -0.05) is 158 Å². The number of rotatable bonds is 6. The minimum Gasteiger partial charge on any atom is -0.309 e. The van der Waals surface area contributed by atoms with Gasteiger partial charge in [0.15, 0.2) is 5.82 Å². The van der Waals surface area contributed by atoms with Crippen molar-refractivity contribution in [3.05, 3.63) is 218 Å². The van der Waals surface area contributed by atoms with Crippen molar-refractivity contribution < 1.29 is 0 Å². The average Bonchev–Trinajstić information content (AvgIpc) is 3.84. The summed E-state index contributed by atoms with van der Waals surface area (Å²) in [7, 11) is 0. The van der Waals surface area contributed by atoms with Gasteiger partial charge in [0.2, 0.25) is 0 Å². The van der Waals surface area contributed by atoms with Gasteiger partial charge in [-0.15, -0.1) is 0 Å². The molecule has 280 valence electrons. The zero-order valence-corrected chi connectivity index (χ0v) is 32.6. The van der Waals surface area contributed by atoms with Crippen LogP contribution in [0.25, 0.3) is 111 Å². The quantitative estimate of drug-likeness (QED) is 0.169. The van der Waals surface area contributed by atoms with Crippen LogP contribution in [0.3, 0.4) is 0 Å². The summed E-state index contributed by atoms with van der Waals surface area (Å²) in [6.07, 6.45) is 0. The molecule has 3 aromatic heterocycles. The number of benzene rings is 9. The Morgan fingerprint density at radius 2 is 0.750 bits per heavy atom. The van der Waals surface area contributed by atoms with Crippen molar-refractivity contribution in [2.45, 2.75) is 0 Å². The predicted molar refractivity (Wildman–Crippen MR) is 250 cm³/mol. The first kappa shape index (κ1) is 34.0. The van der Waals surface area contributed by atoms with Crippen molar-refractivity contribution in [3.63, 3.8) is 0 Å². The lowest BCUT2D eigenvalue weighted by Crippen LogP contribution is -1.97. The molecule has 4 heteroatoms. The fraction of sp³-hybridized carbons (Fsp3) is 0. The number of hydrogen-bond donors (Lipinski definition) is 0. The molecule has 0 N–H and O–H groups in total. The van der Waals surface area contributed by atoms with Crippen LogP contribution < -0.4 is 0 Å². The molecule has 4 nitrogen and oxygen atoms in total. The molecule has 0 aliphatic carbocycles. The molecular weight excluding hydrogens is 729 g/mol. The Labute approximate surface area is 346 Å². The molecular formula is C56H36N4. The summed E-state index contributed by atoms with van der Waals surface area (Å²) >= 11 is 0. The summed E-state index contributed by atoms with van der Waals surface area (Å²) in [6.45, 7) is 0. The second-order valence-electron chi connectivity index (χ2n) is 15.4. The van der Waals surface area contributed by atoms with E-state index in [-0.39, 0.29) is 0 Å². The van der Waals surface area contributed by atoms with Crippen LogP contribution in [0.2, 0.25) is 0 Å². The van der Waals surface area contributed by atoms with E-state index in [9.17, 15) is 0 Å². The highest BCUT2D eigenvalue weighted by Gasteiger charge is 2.18. The summed E-state index contributed by atoms with van der Waals surface area (Å²) in [5, 5.41) is 7.42. The van der Waals surface area contributed by atoms with E-state index < -0.39 is 0 Å². The van der Waals surface area contributed by atoms with Crippen LogP contribution in [0.4, 0.5) is 0 Å². The summed E-state index contributed by atoms with van der Waals surface area (Å²) in [6, 6.07) is 78.0. The van der Waals surface area contributed by atoms with Gasteiger partial charge < -0.3 is 9.13 Å². The van der Waals surface area contributed by atoms with E-state index in [0.717, 1.165) is 33.8 Å². The molecule has 0 aliphatic heterocycles. The molecule has 0 atom stereocenters. The summed E-state index contributed by atoms with van der Waals surface area (Å²) in [5.41, 5.74) is 14.3. The molecule has 0 fully saturated rings. The van der Waals surface area contributed by atoms with Crippen LogP contribution >= 0.6 is 0 Å². The number of fused-ring (bicyclic) bond motifs is 7. The third-order valence-electron chi connectivity index (χ3n) is 11.9. The van der Waals surface area contributed by atoms with E-state index in [0.29, 0.717) is 5.82 Å². The monoisotopic (exact) mass is 764 g/mol. The molecule has 0 saturated heterocycles. The number of aromatic nitrogens is 4. The van der Waals surface area contributed by atoms with Gasteiger partial charge in [0.05, 0.1) is 39.1 Å². The van der Waals surface area contributed by atoms with Gasteiger partial charge in [-0.25, -0.2) is 9.97 Å². The zero-order valence-electron chi connectivity index (χ0n) is 32.6. The Hall–Kier alpha value is -8.08. The molecule has 0 radical (unpaired) electrons. The Morgan fingerprint density at radius 1 is 0.283 bits per heavy atom. The maximum Gasteiger partial charge on any atom is 0.160 e. The van der Waals surface area contributed by atoms with Crippen molar-refractivity contribution in [1.29, 1.82) is 0 Å². The SMILES string of the molecule is c1ccc(-c2cc(-c3ccc(-n4c5ccccc5c5cc(-c6ccc7c(c6)c6ccccc6n7-c6cccc7ccccc67)ccc54)cc3)nc(-c3ccccc3)n2)cc1. The molecule has 9 aromatic carbocycles. The molecule has 3 heterocycles. The van der Waals surface area contributed by atoms with Gasteiger partial charge in [0.25, 0.3) is 0 Å². The molecule has 0 aliphatic rings. The standard InChI is InChI=1S/C56H36N4/c1-3-15-38(16-4-1)49-36-50(58-56(57-49)40-17-5-2-6-18-40)39-26-30-43(31-27-39)59-52-23-11-9-21-45(52)47-34-41(28-32-54(47)59)42-29-33-55-48(35-42)46-22-10-12-24-53(46)60(55)51-25-13-19-37-14-7-8-20-44(37)51/h1-36H. The number of para-hydroxylation sites is 2. The van der Waals surface area contributed by atoms with Gasteiger partial charge in [-0.05, 0) is 77.2 Å².